The molecule has 1 N–H and O–H groups in total. The number of carbonyl (C=O) groups is 1. The van der Waals surface area contributed by atoms with Gasteiger partial charge in [-0.05, 0) is 88.0 Å². The highest BCUT2D eigenvalue weighted by Gasteiger charge is 2.54. The third kappa shape index (κ3) is 3.38. The zero-order valence-corrected chi connectivity index (χ0v) is 16.4. The molecule has 5 aliphatic rings. The summed E-state index contributed by atoms with van der Waals surface area (Å²) in [5.41, 5.74) is 0.498. The van der Waals surface area contributed by atoms with Crippen LogP contribution in [0.25, 0.3) is 0 Å². The molecule has 4 bridgehead atoms. The van der Waals surface area contributed by atoms with Crippen LogP contribution in [-0.2, 0) is 4.79 Å². The molecule has 5 fully saturated rings. The van der Waals surface area contributed by atoms with E-state index in [1.807, 2.05) is 0 Å². The van der Waals surface area contributed by atoms with Gasteiger partial charge in [0.15, 0.2) is 0 Å². The highest BCUT2D eigenvalue weighted by Crippen LogP contribution is 2.60. The molecule has 0 saturated heterocycles. The summed E-state index contributed by atoms with van der Waals surface area (Å²) in [6.45, 7) is 0. The van der Waals surface area contributed by atoms with Gasteiger partial charge in [-0.25, -0.2) is 4.98 Å². The second kappa shape index (κ2) is 7.06. The van der Waals surface area contributed by atoms with Gasteiger partial charge in [0.05, 0.1) is 5.56 Å². The highest BCUT2D eigenvalue weighted by molar-refractivity contribution is 5.83. The number of nitriles is 1. The van der Waals surface area contributed by atoms with Crippen LogP contribution in [0.15, 0.2) is 18.3 Å². The Kier molecular flexibility index (Phi) is 4.53. The average Bonchev–Trinajstić information content (AvgIpc) is 2.69. The van der Waals surface area contributed by atoms with E-state index >= 15 is 0 Å². The first kappa shape index (κ1) is 18.0. The zero-order valence-electron chi connectivity index (χ0n) is 16.4. The van der Waals surface area contributed by atoms with Crippen molar-refractivity contribution in [3.63, 3.8) is 0 Å². The SMILES string of the molecule is N#Cc1ccc(OC2CCC(NC(=O)C34CC5CC(CC(C5)C3)C4)CC2)nc1. The van der Waals surface area contributed by atoms with Crippen LogP contribution in [0.3, 0.4) is 0 Å². The van der Waals surface area contributed by atoms with Crippen molar-refractivity contribution in [3.05, 3.63) is 23.9 Å². The maximum absolute atomic E-state index is 13.2. The molecule has 5 heteroatoms. The zero-order chi connectivity index (χ0) is 19.1. The van der Waals surface area contributed by atoms with Crippen LogP contribution < -0.4 is 10.1 Å². The first-order valence-electron chi connectivity index (χ1n) is 11.0. The Bertz CT molecular complexity index is 739. The molecule has 0 aliphatic heterocycles. The van der Waals surface area contributed by atoms with Crippen molar-refractivity contribution >= 4 is 5.91 Å². The topological polar surface area (TPSA) is 75.0 Å². The van der Waals surface area contributed by atoms with E-state index in [-0.39, 0.29) is 17.6 Å². The summed E-state index contributed by atoms with van der Waals surface area (Å²) in [7, 11) is 0. The number of carbonyl (C=O) groups excluding carboxylic acids is 1. The summed E-state index contributed by atoms with van der Waals surface area (Å²) in [4.78, 5) is 17.4. The fourth-order valence-electron chi connectivity index (χ4n) is 6.74. The number of ether oxygens (including phenoxy) is 1. The molecule has 0 atom stereocenters. The predicted octanol–water partition coefficient (Wildman–Crippen LogP) is 3.98. The third-order valence-corrected chi connectivity index (χ3v) is 7.68. The monoisotopic (exact) mass is 379 g/mol. The Hall–Kier alpha value is -2.09. The second-order valence-corrected chi connectivity index (χ2v) is 9.76. The predicted molar refractivity (Wildman–Crippen MR) is 104 cm³/mol. The molecule has 5 aliphatic carbocycles. The summed E-state index contributed by atoms with van der Waals surface area (Å²) in [5, 5.41) is 12.3. The van der Waals surface area contributed by atoms with Gasteiger partial charge in [0, 0.05) is 23.7 Å². The Morgan fingerprint density at radius 2 is 1.71 bits per heavy atom. The van der Waals surface area contributed by atoms with Gasteiger partial charge < -0.3 is 10.1 Å². The molecule has 0 radical (unpaired) electrons. The van der Waals surface area contributed by atoms with E-state index in [9.17, 15) is 4.79 Å². The number of rotatable bonds is 4. The van der Waals surface area contributed by atoms with E-state index < -0.39 is 0 Å². The van der Waals surface area contributed by atoms with Crippen LogP contribution in [0.2, 0.25) is 0 Å². The van der Waals surface area contributed by atoms with Crippen molar-refractivity contribution in [3.8, 4) is 11.9 Å². The van der Waals surface area contributed by atoms with E-state index in [1.165, 1.54) is 19.3 Å². The molecule has 28 heavy (non-hydrogen) atoms. The van der Waals surface area contributed by atoms with Crippen molar-refractivity contribution in [2.24, 2.45) is 23.2 Å². The minimum Gasteiger partial charge on any atom is -0.474 e. The molecular weight excluding hydrogens is 350 g/mol. The molecule has 5 saturated carbocycles. The molecule has 1 heterocycles. The largest absolute Gasteiger partial charge is 0.474 e. The molecule has 0 aromatic carbocycles. The van der Waals surface area contributed by atoms with Gasteiger partial charge in [-0.3, -0.25) is 4.79 Å². The summed E-state index contributed by atoms with van der Waals surface area (Å²) < 4.78 is 5.98. The lowest BCUT2D eigenvalue weighted by molar-refractivity contribution is -0.147. The smallest absolute Gasteiger partial charge is 0.226 e. The summed E-state index contributed by atoms with van der Waals surface area (Å²) in [6.07, 6.45) is 13.0. The number of nitrogens with one attached hydrogen (secondary N) is 1. The van der Waals surface area contributed by atoms with Gasteiger partial charge in [0.25, 0.3) is 0 Å². The van der Waals surface area contributed by atoms with E-state index in [0.717, 1.165) is 62.7 Å². The van der Waals surface area contributed by atoms with E-state index in [0.29, 0.717) is 17.4 Å². The van der Waals surface area contributed by atoms with Crippen molar-refractivity contribution in [2.45, 2.75) is 76.4 Å². The molecule has 1 aromatic heterocycles. The Morgan fingerprint density at radius 1 is 1.07 bits per heavy atom. The van der Waals surface area contributed by atoms with Gasteiger partial charge in [-0.1, -0.05) is 0 Å². The molecule has 0 unspecified atom stereocenters. The maximum atomic E-state index is 13.2. The van der Waals surface area contributed by atoms with Crippen LogP contribution in [0, 0.1) is 34.5 Å². The number of hydrogen-bond acceptors (Lipinski definition) is 4. The fraction of sp³-hybridized carbons (Fsp3) is 0.696. The van der Waals surface area contributed by atoms with Crippen molar-refractivity contribution in [1.29, 1.82) is 5.26 Å². The molecule has 0 spiro atoms. The first-order chi connectivity index (χ1) is 13.6. The summed E-state index contributed by atoms with van der Waals surface area (Å²) >= 11 is 0. The van der Waals surface area contributed by atoms with Crippen molar-refractivity contribution < 1.29 is 9.53 Å². The van der Waals surface area contributed by atoms with E-state index in [1.54, 1.807) is 18.3 Å². The Morgan fingerprint density at radius 3 is 2.25 bits per heavy atom. The van der Waals surface area contributed by atoms with E-state index in [2.05, 4.69) is 16.4 Å². The average molecular weight is 380 g/mol. The number of nitrogens with zero attached hydrogens (tertiary/aromatic N) is 2. The lowest BCUT2D eigenvalue weighted by atomic mass is 9.49. The maximum Gasteiger partial charge on any atom is 0.226 e. The summed E-state index contributed by atoms with van der Waals surface area (Å²) in [5.74, 6) is 3.35. The lowest BCUT2D eigenvalue weighted by Crippen LogP contribution is -2.55. The van der Waals surface area contributed by atoms with Gasteiger partial charge >= 0.3 is 0 Å². The lowest BCUT2D eigenvalue weighted by Gasteiger charge is -2.56. The number of aromatic nitrogens is 1. The van der Waals surface area contributed by atoms with Crippen LogP contribution in [0.4, 0.5) is 0 Å². The fourth-order valence-corrected chi connectivity index (χ4v) is 6.74. The third-order valence-electron chi connectivity index (χ3n) is 7.68. The van der Waals surface area contributed by atoms with Gasteiger partial charge in [0.2, 0.25) is 11.8 Å². The molecule has 148 valence electrons. The Labute approximate surface area is 166 Å². The first-order valence-corrected chi connectivity index (χ1v) is 11.0. The van der Waals surface area contributed by atoms with Gasteiger partial charge in [-0.2, -0.15) is 5.26 Å². The minimum absolute atomic E-state index is 0.0471. The molecule has 1 aromatic rings. The van der Waals surface area contributed by atoms with Gasteiger partial charge in [0.1, 0.15) is 12.2 Å². The normalized spacial score (nSPS) is 38.6. The molecule has 6 rings (SSSR count). The molecule has 5 nitrogen and oxygen atoms in total. The molecular formula is C23H29N3O2. The standard InChI is InChI=1S/C23H29N3O2/c24-13-15-1-6-21(25-14-15)28-20-4-2-19(3-5-20)26-22(27)23-10-16-7-17(11-23)9-18(8-16)12-23/h1,6,14,16-20H,2-5,7-12H2,(H,26,27). The summed E-state index contributed by atoms with van der Waals surface area (Å²) in [6, 6.07) is 5.86. The highest BCUT2D eigenvalue weighted by atomic mass is 16.5. The van der Waals surface area contributed by atoms with Gasteiger partial charge in [-0.15, -0.1) is 0 Å². The van der Waals surface area contributed by atoms with Crippen LogP contribution in [0.5, 0.6) is 5.88 Å². The van der Waals surface area contributed by atoms with E-state index in [4.69, 9.17) is 10.00 Å². The van der Waals surface area contributed by atoms with Crippen LogP contribution in [-0.4, -0.2) is 23.0 Å². The van der Waals surface area contributed by atoms with Crippen LogP contribution in [0.1, 0.15) is 69.8 Å². The molecule has 1 amide bonds. The quantitative estimate of drug-likeness (QED) is 0.859. The minimum atomic E-state index is -0.0471. The number of amides is 1. The number of hydrogen-bond donors (Lipinski definition) is 1. The number of pyridine rings is 1. The van der Waals surface area contributed by atoms with Crippen LogP contribution >= 0.6 is 0 Å². The second-order valence-electron chi connectivity index (χ2n) is 9.76. The van der Waals surface area contributed by atoms with Crippen molar-refractivity contribution in [1.82, 2.24) is 10.3 Å². The Balaban J connectivity index is 1.13. The van der Waals surface area contributed by atoms with Crippen molar-refractivity contribution in [2.75, 3.05) is 0 Å².